The summed E-state index contributed by atoms with van der Waals surface area (Å²) in [6.45, 7) is -0.421. The highest BCUT2D eigenvalue weighted by molar-refractivity contribution is 6.32. The maximum Gasteiger partial charge on any atom is 0.341 e. The summed E-state index contributed by atoms with van der Waals surface area (Å²) in [5, 5.41) is 11.6. The zero-order chi connectivity index (χ0) is 16.8. The highest BCUT2D eigenvalue weighted by Gasteiger charge is 2.09. The minimum absolute atomic E-state index is 0.325. The molecule has 23 heavy (non-hydrogen) atoms. The fourth-order valence-electron chi connectivity index (χ4n) is 1.79. The van der Waals surface area contributed by atoms with Gasteiger partial charge in [-0.05, 0) is 42.5 Å². The molecule has 0 aliphatic heterocycles. The number of aliphatic carboxylic acids is 1. The van der Waals surface area contributed by atoms with Gasteiger partial charge in [-0.15, -0.1) is 0 Å². The van der Waals surface area contributed by atoms with Crippen LogP contribution in [0.1, 0.15) is 10.4 Å². The molecule has 2 aromatic rings. The molecule has 2 rings (SSSR count). The maximum absolute atomic E-state index is 12.1. The molecule has 7 heteroatoms. The molecule has 0 aromatic heterocycles. The lowest BCUT2D eigenvalue weighted by Gasteiger charge is -2.08. The Bertz CT molecular complexity index is 715. The highest BCUT2D eigenvalue weighted by atomic mass is 35.5. The highest BCUT2D eigenvalue weighted by Crippen LogP contribution is 2.25. The van der Waals surface area contributed by atoms with Crippen LogP contribution in [0.25, 0.3) is 0 Å². The van der Waals surface area contributed by atoms with Gasteiger partial charge < -0.3 is 19.9 Å². The molecule has 0 saturated carbocycles. The van der Waals surface area contributed by atoms with E-state index in [1.165, 1.54) is 13.2 Å². The fourth-order valence-corrected chi connectivity index (χ4v) is 2.05. The number of benzene rings is 2. The van der Waals surface area contributed by atoms with Crippen molar-refractivity contribution in [1.29, 1.82) is 0 Å². The molecule has 2 N–H and O–H groups in total. The summed E-state index contributed by atoms with van der Waals surface area (Å²) in [5.41, 5.74) is 0.937. The lowest BCUT2D eigenvalue weighted by atomic mass is 10.2. The van der Waals surface area contributed by atoms with Crippen molar-refractivity contribution in [3.63, 3.8) is 0 Å². The SMILES string of the molecule is COc1ccc(C(=O)Nc2ccc(OCC(=O)O)cc2)cc1Cl. The standard InChI is InChI=1S/C16H14ClNO5/c1-22-14-7-2-10(8-13(14)17)16(21)18-11-3-5-12(6-4-11)23-9-15(19)20/h2-8H,9H2,1H3,(H,18,21)(H,19,20). The molecule has 0 unspecified atom stereocenters. The second-order valence-electron chi connectivity index (χ2n) is 4.51. The lowest BCUT2D eigenvalue weighted by Crippen LogP contribution is -2.12. The molecule has 0 fully saturated rings. The summed E-state index contributed by atoms with van der Waals surface area (Å²) in [4.78, 5) is 22.6. The largest absolute Gasteiger partial charge is 0.495 e. The van der Waals surface area contributed by atoms with Crippen molar-refractivity contribution in [2.45, 2.75) is 0 Å². The van der Waals surface area contributed by atoms with Crippen molar-refractivity contribution < 1.29 is 24.2 Å². The van der Waals surface area contributed by atoms with E-state index < -0.39 is 12.6 Å². The first-order valence-corrected chi connectivity index (χ1v) is 6.97. The van der Waals surface area contributed by atoms with Crippen LogP contribution in [0.2, 0.25) is 5.02 Å². The van der Waals surface area contributed by atoms with E-state index in [4.69, 9.17) is 26.2 Å². The molecule has 0 bridgehead atoms. The molecule has 0 aliphatic carbocycles. The van der Waals surface area contributed by atoms with E-state index in [-0.39, 0.29) is 5.91 Å². The molecular weight excluding hydrogens is 322 g/mol. The fraction of sp³-hybridized carbons (Fsp3) is 0.125. The van der Waals surface area contributed by atoms with Gasteiger partial charge >= 0.3 is 5.97 Å². The van der Waals surface area contributed by atoms with Gasteiger partial charge in [0.1, 0.15) is 11.5 Å². The van der Waals surface area contributed by atoms with Crippen LogP contribution < -0.4 is 14.8 Å². The molecule has 6 nitrogen and oxygen atoms in total. The van der Waals surface area contributed by atoms with E-state index in [1.807, 2.05) is 0 Å². The minimum atomic E-state index is -1.06. The number of rotatable bonds is 6. The first-order chi connectivity index (χ1) is 11.0. The Hall–Kier alpha value is -2.73. The number of carboxylic acid groups (broad SMARTS) is 1. The summed E-state index contributed by atoms with van der Waals surface area (Å²) >= 11 is 5.99. The topological polar surface area (TPSA) is 84.9 Å². The average molecular weight is 336 g/mol. The van der Waals surface area contributed by atoms with Gasteiger partial charge in [0.2, 0.25) is 0 Å². The summed E-state index contributed by atoms with van der Waals surface area (Å²) in [6, 6.07) is 11.1. The van der Waals surface area contributed by atoms with Gasteiger partial charge in [0, 0.05) is 11.3 Å². The molecule has 0 atom stereocenters. The Balaban J connectivity index is 2.02. The molecule has 0 heterocycles. The summed E-state index contributed by atoms with van der Waals surface area (Å²) in [7, 11) is 1.49. The van der Waals surface area contributed by atoms with E-state index in [1.54, 1.807) is 36.4 Å². The molecule has 2 aromatic carbocycles. The predicted octanol–water partition coefficient (Wildman–Crippen LogP) is 3.06. The van der Waals surface area contributed by atoms with Crippen LogP contribution in [-0.4, -0.2) is 30.7 Å². The van der Waals surface area contributed by atoms with Crippen molar-refractivity contribution in [3.05, 3.63) is 53.1 Å². The zero-order valence-electron chi connectivity index (χ0n) is 12.2. The Morgan fingerprint density at radius 1 is 1.17 bits per heavy atom. The third-order valence-electron chi connectivity index (χ3n) is 2.89. The predicted molar refractivity (Wildman–Crippen MR) is 85.5 cm³/mol. The number of ether oxygens (including phenoxy) is 2. The van der Waals surface area contributed by atoms with E-state index >= 15 is 0 Å². The van der Waals surface area contributed by atoms with Gasteiger partial charge in [-0.2, -0.15) is 0 Å². The molecule has 0 spiro atoms. The number of halogens is 1. The minimum Gasteiger partial charge on any atom is -0.495 e. The number of carboxylic acids is 1. The Morgan fingerprint density at radius 3 is 2.43 bits per heavy atom. The third-order valence-corrected chi connectivity index (χ3v) is 3.18. The van der Waals surface area contributed by atoms with Crippen molar-refractivity contribution in [1.82, 2.24) is 0 Å². The van der Waals surface area contributed by atoms with E-state index in [0.29, 0.717) is 27.8 Å². The summed E-state index contributed by atoms with van der Waals surface area (Å²) in [5.74, 6) is -0.492. The van der Waals surface area contributed by atoms with Gasteiger partial charge in [-0.3, -0.25) is 4.79 Å². The molecule has 120 valence electrons. The number of amides is 1. The maximum atomic E-state index is 12.1. The quantitative estimate of drug-likeness (QED) is 0.847. The second kappa shape index (κ2) is 7.51. The van der Waals surface area contributed by atoms with Crippen LogP contribution in [0.3, 0.4) is 0 Å². The van der Waals surface area contributed by atoms with Crippen LogP contribution in [0, 0.1) is 0 Å². The number of carbonyl (C=O) groups is 2. The van der Waals surface area contributed by atoms with E-state index in [0.717, 1.165) is 0 Å². The normalized spacial score (nSPS) is 10.0. The second-order valence-corrected chi connectivity index (χ2v) is 4.92. The van der Waals surface area contributed by atoms with Crippen molar-refractivity contribution in [2.24, 2.45) is 0 Å². The van der Waals surface area contributed by atoms with Crippen molar-refractivity contribution in [2.75, 3.05) is 19.0 Å². The summed E-state index contributed by atoms with van der Waals surface area (Å²) < 4.78 is 10.0. The molecule has 0 radical (unpaired) electrons. The van der Waals surface area contributed by atoms with Crippen LogP contribution in [0.5, 0.6) is 11.5 Å². The van der Waals surface area contributed by atoms with E-state index in [9.17, 15) is 9.59 Å². The van der Waals surface area contributed by atoms with E-state index in [2.05, 4.69) is 5.32 Å². The number of methoxy groups -OCH3 is 1. The van der Waals surface area contributed by atoms with Crippen LogP contribution in [0.4, 0.5) is 5.69 Å². The number of carbonyl (C=O) groups excluding carboxylic acids is 1. The van der Waals surface area contributed by atoms with Gasteiger partial charge in [0.15, 0.2) is 6.61 Å². The van der Waals surface area contributed by atoms with Crippen molar-refractivity contribution in [3.8, 4) is 11.5 Å². The Labute approximate surface area is 137 Å². The van der Waals surface area contributed by atoms with Crippen molar-refractivity contribution >= 4 is 29.2 Å². The number of anilines is 1. The molecular formula is C16H14ClNO5. The average Bonchev–Trinajstić information content (AvgIpc) is 2.54. The molecule has 0 aliphatic rings. The first-order valence-electron chi connectivity index (χ1n) is 6.59. The molecule has 1 amide bonds. The number of hydrogen-bond donors (Lipinski definition) is 2. The smallest absolute Gasteiger partial charge is 0.341 e. The van der Waals surface area contributed by atoms with Crippen LogP contribution in [-0.2, 0) is 4.79 Å². The Kier molecular flexibility index (Phi) is 5.43. The van der Waals surface area contributed by atoms with Crippen LogP contribution in [0.15, 0.2) is 42.5 Å². The Morgan fingerprint density at radius 2 is 1.87 bits per heavy atom. The van der Waals surface area contributed by atoms with Crippen LogP contribution >= 0.6 is 11.6 Å². The monoisotopic (exact) mass is 335 g/mol. The van der Waals surface area contributed by atoms with Gasteiger partial charge in [-0.1, -0.05) is 11.6 Å². The van der Waals surface area contributed by atoms with Gasteiger partial charge in [0.25, 0.3) is 5.91 Å². The molecule has 0 saturated heterocycles. The number of hydrogen-bond acceptors (Lipinski definition) is 4. The van der Waals surface area contributed by atoms with Gasteiger partial charge in [-0.25, -0.2) is 4.79 Å². The number of nitrogens with one attached hydrogen (secondary N) is 1. The lowest BCUT2D eigenvalue weighted by molar-refractivity contribution is -0.139. The van der Waals surface area contributed by atoms with Gasteiger partial charge in [0.05, 0.1) is 12.1 Å². The third kappa shape index (κ3) is 4.62. The zero-order valence-corrected chi connectivity index (χ0v) is 13.0. The summed E-state index contributed by atoms with van der Waals surface area (Å²) in [6.07, 6.45) is 0. The first kappa shape index (κ1) is 16.6.